The molecule has 6 heteroatoms. The normalized spacial score (nSPS) is 21.3. The number of hydrogen-bond donors (Lipinski definition) is 0. The number of morpholine rings is 1. The van der Waals surface area contributed by atoms with Gasteiger partial charge in [0.1, 0.15) is 0 Å². The molecule has 0 spiro atoms. The third-order valence-electron chi connectivity index (χ3n) is 2.88. The molecular weight excluding hydrogens is 234 g/mol. The molecule has 3 rings (SSSR count). The highest BCUT2D eigenvalue weighted by Crippen LogP contribution is 2.18. The van der Waals surface area contributed by atoms with E-state index in [1.165, 1.54) is 0 Å². The van der Waals surface area contributed by atoms with Crippen LogP contribution < -0.4 is 0 Å². The summed E-state index contributed by atoms with van der Waals surface area (Å²) in [6.45, 7) is 5.25. The Labute approximate surface area is 105 Å². The number of hydrogen-bond acceptors (Lipinski definition) is 6. The fraction of sp³-hybridized carbons (Fsp3) is 0.500. The van der Waals surface area contributed by atoms with Gasteiger partial charge in [-0.1, -0.05) is 0 Å². The molecule has 0 radical (unpaired) electrons. The van der Waals surface area contributed by atoms with Crippen LogP contribution in [-0.2, 0) is 11.3 Å². The van der Waals surface area contributed by atoms with Gasteiger partial charge >= 0.3 is 0 Å². The first-order chi connectivity index (χ1) is 8.81. The maximum atomic E-state index is 5.57. The third kappa shape index (κ3) is 2.44. The first-order valence-corrected chi connectivity index (χ1v) is 6.01. The topological polar surface area (TPSA) is 64.5 Å². The van der Waals surface area contributed by atoms with E-state index < -0.39 is 0 Å². The Kier molecular flexibility index (Phi) is 3.12. The van der Waals surface area contributed by atoms with E-state index in [9.17, 15) is 0 Å². The van der Waals surface area contributed by atoms with Gasteiger partial charge in [0.2, 0.25) is 5.89 Å². The van der Waals surface area contributed by atoms with E-state index in [-0.39, 0.29) is 6.10 Å². The van der Waals surface area contributed by atoms with Gasteiger partial charge in [0, 0.05) is 13.1 Å². The van der Waals surface area contributed by atoms with Crippen molar-refractivity contribution in [1.29, 1.82) is 0 Å². The molecule has 0 aliphatic carbocycles. The lowest BCUT2D eigenvalue weighted by Crippen LogP contribution is -2.40. The molecule has 2 aromatic heterocycles. The van der Waals surface area contributed by atoms with Gasteiger partial charge in [-0.25, -0.2) is 0 Å². The van der Waals surface area contributed by atoms with E-state index >= 15 is 0 Å². The molecular formula is C12H15N3O3. The SMILES string of the molecule is C[C@H]1CN(Cc2nnc(-c3ccco3)o2)CCO1. The molecule has 1 aliphatic heterocycles. The Morgan fingerprint density at radius 3 is 3.17 bits per heavy atom. The van der Waals surface area contributed by atoms with Crippen LogP contribution in [0.2, 0.25) is 0 Å². The lowest BCUT2D eigenvalue weighted by Gasteiger charge is -2.29. The summed E-state index contributed by atoms with van der Waals surface area (Å²) >= 11 is 0. The van der Waals surface area contributed by atoms with Crippen LogP contribution in [0.15, 0.2) is 27.2 Å². The minimum absolute atomic E-state index is 0.256. The summed E-state index contributed by atoms with van der Waals surface area (Å²) in [6.07, 6.45) is 1.84. The molecule has 0 bridgehead atoms. The van der Waals surface area contributed by atoms with Crippen molar-refractivity contribution in [2.45, 2.75) is 19.6 Å². The van der Waals surface area contributed by atoms with Crippen LogP contribution >= 0.6 is 0 Å². The summed E-state index contributed by atoms with van der Waals surface area (Å²) in [5, 5.41) is 8.01. The molecule has 1 aliphatic rings. The number of aromatic nitrogens is 2. The Morgan fingerprint density at radius 2 is 2.39 bits per heavy atom. The van der Waals surface area contributed by atoms with Gasteiger partial charge < -0.3 is 13.6 Å². The van der Waals surface area contributed by atoms with Crippen molar-refractivity contribution in [1.82, 2.24) is 15.1 Å². The molecule has 0 N–H and O–H groups in total. The smallest absolute Gasteiger partial charge is 0.283 e. The quantitative estimate of drug-likeness (QED) is 0.822. The largest absolute Gasteiger partial charge is 0.459 e. The molecule has 18 heavy (non-hydrogen) atoms. The fourth-order valence-electron chi connectivity index (χ4n) is 2.04. The summed E-state index contributed by atoms with van der Waals surface area (Å²) in [5.74, 6) is 1.64. The second kappa shape index (κ2) is 4.91. The van der Waals surface area contributed by atoms with Crippen molar-refractivity contribution in [2.24, 2.45) is 0 Å². The number of ether oxygens (including phenoxy) is 1. The summed E-state index contributed by atoms with van der Waals surface area (Å²) in [6, 6.07) is 3.59. The molecule has 2 aromatic rings. The zero-order valence-electron chi connectivity index (χ0n) is 10.2. The summed E-state index contributed by atoms with van der Waals surface area (Å²) < 4.78 is 16.3. The lowest BCUT2D eigenvalue weighted by atomic mass is 10.3. The minimum atomic E-state index is 0.256. The van der Waals surface area contributed by atoms with E-state index in [0.717, 1.165) is 19.7 Å². The van der Waals surface area contributed by atoms with Gasteiger partial charge in [-0.15, -0.1) is 10.2 Å². The third-order valence-corrected chi connectivity index (χ3v) is 2.88. The van der Waals surface area contributed by atoms with Crippen molar-refractivity contribution in [3.05, 3.63) is 24.3 Å². The Bertz CT molecular complexity index is 494. The second-order valence-corrected chi connectivity index (χ2v) is 4.39. The van der Waals surface area contributed by atoms with Crippen molar-refractivity contribution >= 4 is 0 Å². The molecule has 0 amide bonds. The zero-order valence-corrected chi connectivity index (χ0v) is 10.2. The molecule has 0 unspecified atom stereocenters. The fourth-order valence-corrected chi connectivity index (χ4v) is 2.04. The second-order valence-electron chi connectivity index (χ2n) is 4.39. The lowest BCUT2D eigenvalue weighted by molar-refractivity contribution is -0.0235. The van der Waals surface area contributed by atoms with Gasteiger partial charge in [-0.2, -0.15) is 0 Å². The molecule has 1 atom stereocenters. The van der Waals surface area contributed by atoms with E-state index in [2.05, 4.69) is 22.0 Å². The highest BCUT2D eigenvalue weighted by molar-refractivity contribution is 5.42. The Balaban J connectivity index is 1.66. The predicted octanol–water partition coefficient (Wildman–Crippen LogP) is 1.55. The van der Waals surface area contributed by atoms with Crippen LogP contribution in [-0.4, -0.2) is 40.9 Å². The van der Waals surface area contributed by atoms with Gasteiger partial charge in [0.25, 0.3) is 5.89 Å². The number of nitrogens with zero attached hydrogens (tertiary/aromatic N) is 3. The van der Waals surface area contributed by atoms with E-state index in [1.54, 1.807) is 18.4 Å². The van der Waals surface area contributed by atoms with Gasteiger partial charge in [0.15, 0.2) is 5.76 Å². The first kappa shape index (κ1) is 11.4. The molecule has 0 aromatic carbocycles. The van der Waals surface area contributed by atoms with Crippen LogP contribution in [0.1, 0.15) is 12.8 Å². The molecule has 0 saturated carbocycles. The average Bonchev–Trinajstić information content (AvgIpc) is 2.98. The van der Waals surface area contributed by atoms with Crippen molar-refractivity contribution < 1.29 is 13.6 Å². The minimum Gasteiger partial charge on any atom is -0.459 e. The average molecular weight is 249 g/mol. The van der Waals surface area contributed by atoms with Crippen LogP contribution in [0.25, 0.3) is 11.7 Å². The summed E-state index contributed by atoms with van der Waals surface area (Å²) in [5.41, 5.74) is 0. The maximum absolute atomic E-state index is 5.57. The molecule has 1 saturated heterocycles. The number of rotatable bonds is 3. The van der Waals surface area contributed by atoms with Gasteiger partial charge in [-0.05, 0) is 19.1 Å². The van der Waals surface area contributed by atoms with Crippen LogP contribution in [0, 0.1) is 0 Å². The Hall–Kier alpha value is -1.66. The van der Waals surface area contributed by atoms with E-state index in [0.29, 0.717) is 24.1 Å². The van der Waals surface area contributed by atoms with Crippen LogP contribution in [0.4, 0.5) is 0 Å². The van der Waals surface area contributed by atoms with Crippen molar-refractivity contribution in [3.63, 3.8) is 0 Å². The highest BCUT2D eigenvalue weighted by atomic mass is 16.5. The van der Waals surface area contributed by atoms with Crippen molar-refractivity contribution in [3.8, 4) is 11.7 Å². The van der Waals surface area contributed by atoms with Crippen molar-refractivity contribution in [2.75, 3.05) is 19.7 Å². The number of furan rings is 1. The van der Waals surface area contributed by atoms with Crippen LogP contribution in [0.3, 0.4) is 0 Å². The maximum Gasteiger partial charge on any atom is 0.283 e. The Morgan fingerprint density at radius 1 is 1.44 bits per heavy atom. The summed E-state index contributed by atoms with van der Waals surface area (Å²) in [7, 11) is 0. The highest BCUT2D eigenvalue weighted by Gasteiger charge is 2.19. The molecule has 96 valence electrons. The van der Waals surface area contributed by atoms with Crippen LogP contribution in [0.5, 0.6) is 0 Å². The van der Waals surface area contributed by atoms with Gasteiger partial charge in [0.05, 0.1) is 25.5 Å². The first-order valence-electron chi connectivity index (χ1n) is 6.01. The predicted molar refractivity (Wildman–Crippen MR) is 62.7 cm³/mol. The molecule has 6 nitrogen and oxygen atoms in total. The van der Waals surface area contributed by atoms with E-state index in [4.69, 9.17) is 13.6 Å². The summed E-state index contributed by atoms with van der Waals surface area (Å²) in [4.78, 5) is 2.24. The molecule has 1 fully saturated rings. The van der Waals surface area contributed by atoms with Gasteiger partial charge in [-0.3, -0.25) is 4.90 Å². The molecule has 3 heterocycles. The van der Waals surface area contributed by atoms with E-state index in [1.807, 2.05) is 0 Å². The monoisotopic (exact) mass is 249 g/mol. The zero-order chi connectivity index (χ0) is 12.4. The standard InChI is InChI=1S/C12H15N3O3/c1-9-7-15(4-6-16-9)8-11-13-14-12(18-11)10-3-2-5-17-10/h2-3,5,9H,4,6-8H2,1H3/t9-/m0/s1.